The third kappa shape index (κ3) is 1.94. The van der Waals surface area contributed by atoms with Crippen LogP contribution in [0.4, 0.5) is 0 Å². The van der Waals surface area contributed by atoms with Crippen LogP contribution in [0.25, 0.3) is 0 Å². The lowest BCUT2D eigenvalue weighted by atomic mass is 9.70. The molecule has 6 heteroatoms. The summed E-state index contributed by atoms with van der Waals surface area (Å²) in [5, 5.41) is 17.6. The standard InChI is InChI=1S/C10H12BN3OS/c1-2-12-10(16)14-11(15)9-6-4-3-5-8(9)7-13-14/h3-7,15H,2H2,1H3,(H,12,16). The van der Waals surface area contributed by atoms with Crippen LogP contribution in [-0.2, 0) is 0 Å². The number of nitrogens with zero attached hydrogens (tertiary/aromatic N) is 2. The number of hydrogen-bond donors (Lipinski definition) is 2. The predicted molar refractivity (Wildman–Crippen MR) is 69.8 cm³/mol. The topological polar surface area (TPSA) is 47.9 Å². The third-order valence-electron chi connectivity index (χ3n) is 2.36. The molecule has 0 spiro atoms. The van der Waals surface area contributed by atoms with Gasteiger partial charge in [0.1, 0.15) is 0 Å². The zero-order valence-electron chi connectivity index (χ0n) is 8.92. The summed E-state index contributed by atoms with van der Waals surface area (Å²) in [6, 6.07) is 7.58. The Hall–Kier alpha value is -1.40. The summed E-state index contributed by atoms with van der Waals surface area (Å²) in [4.78, 5) is 1.40. The highest BCUT2D eigenvalue weighted by molar-refractivity contribution is 7.80. The van der Waals surface area contributed by atoms with Crippen molar-refractivity contribution in [2.45, 2.75) is 6.92 Å². The molecule has 1 aromatic rings. The van der Waals surface area contributed by atoms with E-state index in [-0.39, 0.29) is 0 Å². The number of benzene rings is 1. The quantitative estimate of drug-likeness (QED) is 0.526. The van der Waals surface area contributed by atoms with Gasteiger partial charge in [0.15, 0.2) is 5.11 Å². The van der Waals surface area contributed by atoms with Crippen LogP contribution in [0.2, 0.25) is 0 Å². The van der Waals surface area contributed by atoms with Crippen molar-refractivity contribution in [3.63, 3.8) is 0 Å². The molecule has 1 aromatic carbocycles. The van der Waals surface area contributed by atoms with Gasteiger partial charge in [-0.3, -0.25) is 4.92 Å². The molecule has 0 bridgehead atoms. The van der Waals surface area contributed by atoms with Crippen LogP contribution >= 0.6 is 12.2 Å². The maximum absolute atomic E-state index is 10.1. The van der Waals surface area contributed by atoms with Gasteiger partial charge in [0, 0.05) is 6.54 Å². The monoisotopic (exact) mass is 233 g/mol. The normalized spacial score (nSPS) is 13.6. The van der Waals surface area contributed by atoms with Crippen LogP contribution in [0.1, 0.15) is 12.5 Å². The van der Waals surface area contributed by atoms with Gasteiger partial charge in [-0.2, -0.15) is 5.10 Å². The van der Waals surface area contributed by atoms with Crippen molar-refractivity contribution in [3.05, 3.63) is 29.8 Å². The van der Waals surface area contributed by atoms with Crippen molar-refractivity contribution in [3.8, 4) is 0 Å². The molecule has 82 valence electrons. The maximum Gasteiger partial charge on any atom is 0.473 e. The molecule has 0 fully saturated rings. The Balaban J connectivity index is 2.27. The number of rotatable bonds is 1. The smallest absolute Gasteiger partial charge is 0.427 e. The summed E-state index contributed by atoms with van der Waals surface area (Å²) in [6.07, 6.45) is 1.70. The van der Waals surface area contributed by atoms with Crippen molar-refractivity contribution in [1.29, 1.82) is 0 Å². The predicted octanol–water partition coefficient (Wildman–Crippen LogP) is -0.0820. The van der Waals surface area contributed by atoms with Gasteiger partial charge in [-0.25, -0.2) is 0 Å². The fraction of sp³-hybridized carbons (Fsp3) is 0.200. The van der Waals surface area contributed by atoms with E-state index < -0.39 is 7.05 Å². The number of hydrazone groups is 1. The van der Waals surface area contributed by atoms with Crippen molar-refractivity contribution >= 4 is 36.1 Å². The summed E-state index contributed by atoms with van der Waals surface area (Å²) in [5.41, 5.74) is 1.74. The van der Waals surface area contributed by atoms with E-state index >= 15 is 0 Å². The van der Waals surface area contributed by atoms with Crippen molar-refractivity contribution in [2.75, 3.05) is 6.54 Å². The van der Waals surface area contributed by atoms with E-state index in [4.69, 9.17) is 12.2 Å². The molecule has 4 nitrogen and oxygen atoms in total. The second-order valence-electron chi connectivity index (χ2n) is 3.43. The van der Waals surface area contributed by atoms with Crippen LogP contribution in [0.15, 0.2) is 29.4 Å². The Morgan fingerprint density at radius 3 is 3.06 bits per heavy atom. The SMILES string of the molecule is CCNC(=S)N1N=Cc2ccccc2B1O. The van der Waals surface area contributed by atoms with Gasteiger partial charge in [-0.05, 0) is 30.2 Å². The van der Waals surface area contributed by atoms with Crippen molar-refractivity contribution in [2.24, 2.45) is 5.10 Å². The molecule has 1 heterocycles. The molecule has 1 aliphatic heterocycles. The summed E-state index contributed by atoms with van der Waals surface area (Å²) in [7, 11) is -0.812. The molecule has 16 heavy (non-hydrogen) atoms. The number of fused-ring (bicyclic) bond motifs is 1. The molecule has 0 radical (unpaired) electrons. The lowest BCUT2D eigenvalue weighted by Crippen LogP contribution is -2.55. The Morgan fingerprint density at radius 2 is 2.31 bits per heavy atom. The van der Waals surface area contributed by atoms with Gasteiger partial charge in [0.2, 0.25) is 0 Å². The van der Waals surface area contributed by atoms with Gasteiger partial charge < -0.3 is 10.3 Å². The second-order valence-corrected chi connectivity index (χ2v) is 3.81. The van der Waals surface area contributed by atoms with Crippen molar-refractivity contribution in [1.82, 2.24) is 10.2 Å². The molecule has 0 atom stereocenters. The van der Waals surface area contributed by atoms with E-state index in [1.54, 1.807) is 6.21 Å². The van der Waals surface area contributed by atoms with E-state index in [1.807, 2.05) is 31.2 Å². The van der Waals surface area contributed by atoms with Gasteiger partial charge in [0.25, 0.3) is 0 Å². The van der Waals surface area contributed by atoms with Crippen LogP contribution in [0.5, 0.6) is 0 Å². The Labute approximate surface area is 100 Å². The molecular weight excluding hydrogens is 221 g/mol. The Morgan fingerprint density at radius 1 is 1.56 bits per heavy atom. The van der Waals surface area contributed by atoms with E-state index in [1.165, 1.54) is 4.92 Å². The first-order valence-electron chi connectivity index (χ1n) is 5.12. The first-order valence-corrected chi connectivity index (χ1v) is 5.53. The Bertz CT molecular complexity index is 438. The van der Waals surface area contributed by atoms with Crippen molar-refractivity contribution < 1.29 is 5.02 Å². The highest BCUT2D eigenvalue weighted by Gasteiger charge is 2.30. The number of nitrogens with one attached hydrogen (secondary N) is 1. The molecule has 0 saturated carbocycles. The fourth-order valence-corrected chi connectivity index (χ4v) is 1.87. The highest BCUT2D eigenvalue weighted by atomic mass is 32.1. The summed E-state index contributed by atoms with van der Waals surface area (Å²) >= 11 is 5.12. The largest absolute Gasteiger partial charge is 0.473 e. The first kappa shape index (κ1) is 11.1. The van der Waals surface area contributed by atoms with Gasteiger partial charge >= 0.3 is 7.05 Å². The molecular formula is C10H12BN3OS. The van der Waals surface area contributed by atoms with Gasteiger partial charge in [-0.1, -0.05) is 24.3 Å². The molecule has 0 aromatic heterocycles. The molecule has 2 N–H and O–H groups in total. The van der Waals surface area contributed by atoms with E-state index in [0.29, 0.717) is 11.7 Å². The lowest BCUT2D eigenvalue weighted by Gasteiger charge is -2.26. The minimum Gasteiger partial charge on any atom is -0.427 e. The molecule has 0 amide bonds. The fourth-order valence-electron chi connectivity index (χ4n) is 1.58. The van der Waals surface area contributed by atoms with Crippen LogP contribution < -0.4 is 10.8 Å². The third-order valence-corrected chi connectivity index (χ3v) is 2.69. The van der Waals surface area contributed by atoms with Crippen LogP contribution in [0.3, 0.4) is 0 Å². The van der Waals surface area contributed by atoms with Crippen LogP contribution in [0, 0.1) is 0 Å². The average molecular weight is 233 g/mol. The van der Waals surface area contributed by atoms with Crippen LogP contribution in [-0.4, -0.2) is 34.9 Å². The Kier molecular flexibility index (Phi) is 3.21. The minimum atomic E-state index is -0.812. The number of thiocarbonyl (C=S) groups is 1. The zero-order valence-corrected chi connectivity index (χ0v) is 9.74. The second kappa shape index (κ2) is 4.63. The van der Waals surface area contributed by atoms with Gasteiger partial charge in [-0.15, -0.1) is 0 Å². The highest BCUT2D eigenvalue weighted by Crippen LogP contribution is 2.05. The lowest BCUT2D eigenvalue weighted by molar-refractivity contribution is 0.489. The summed E-state index contributed by atoms with van der Waals surface area (Å²) in [5.74, 6) is 0. The molecule has 0 aliphatic carbocycles. The van der Waals surface area contributed by atoms with E-state index in [9.17, 15) is 5.02 Å². The maximum atomic E-state index is 10.1. The molecule has 2 rings (SSSR count). The van der Waals surface area contributed by atoms with E-state index in [2.05, 4.69) is 10.4 Å². The summed E-state index contributed by atoms with van der Waals surface area (Å²) < 4.78 is 0. The first-order chi connectivity index (χ1) is 7.74. The molecule has 1 aliphatic rings. The minimum absolute atomic E-state index is 0.431. The van der Waals surface area contributed by atoms with Gasteiger partial charge in [0.05, 0.1) is 6.21 Å². The molecule has 0 unspecified atom stereocenters. The molecule has 0 saturated heterocycles. The zero-order chi connectivity index (χ0) is 11.5. The van der Waals surface area contributed by atoms with E-state index in [0.717, 1.165) is 11.0 Å². The number of hydrogen-bond acceptors (Lipinski definition) is 3. The summed E-state index contributed by atoms with van der Waals surface area (Å²) in [6.45, 7) is 2.65. The average Bonchev–Trinajstić information content (AvgIpc) is 2.30.